The van der Waals surface area contributed by atoms with Crippen molar-refractivity contribution in [3.8, 4) is 5.75 Å². The molecule has 1 saturated heterocycles. The van der Waals surface area contributed by atoms with Gasteiger partial charge in [0.05, 0.1) is 19.8 Å². The quantitative estimate of drug-likeness (QED) is 0.552. The van der Waals surface area contributed by atoms with E-state index >= 15 is 0 Å². The van der Waals surface area contributed by atoms with Gasteiger partial charge in [-0.15, -0.1) is 0 Å². The summed E-state index contributed by atoms with van der Waals surface area (Å²) >= 11 is 0. The molecule has 1 fully saturated rings. The second-order valence-corrected chi connectivity index (χ2v) is 7.08. The van der Waals surface area contributed by atoms with Crippen LogP contribution in [0.4, 0.5) is 23.1 Å². The van der Waals surface area contributed by atoms with E-state index in [1.54, 1.807) is 0 Å². The number of hydrogen-bond donors (Lipinski definition) is 2. The lowest BCUT2D eigenvalue weighted by Crippen LogP contribution is -2.36. The molecule has 0 bridgehead atoms. The van der Waals surface area contributed by atoms with Gasteiger partial charge in [-0.3, -0.25) is 0 Å². The topological polar surface area (TPSA) is 71.5 Å². The number of benzene rings is 2. The number of anilines is 4. The number of aromatic nitrogens is 2. The maximum absolute atomic E-state index is 5.72. The van der Waals surface area contributed by atoms with Crippen LogP contribution in [0.2, 0.25) is 0 Å². The second-order valence-electron chi connectivity index (χ2n) is 7.08. The minimum Gasteiger partial charge on any atom is -0.492 e. The molecule has 1 aliphatic rings. The number of nitrogens with zero attached hydrogens (tertiary/aromatic N) is 3. The van der Waals surface area contributed by atoms with Gasteiger partial charge in [-0.1, -0.05) is 18.2 Å². The van der Waals surface area contributed by atoms with E-state index in [0.717, 1.165) is 49.1 Å². The summed E-state index contributed by atoms with van der Waals surface area (Å²) in [5.41, 5.74) is 3.14. The lowest BCUT2D eigenvalue weighted by atomic mass is 10.2. The summed E-state index contributed by atoms with van der Waals surface area (Å²) < 4.78 is 11.1. The van der Waals surface area contributed by atoms with Crippen molar-refractivity contribution in [1.82, 2.24) is 9.97 Å². The average molecular weight is 406 g/mol. The van der Waals surface area contributed by atoms with E-state index in [1.165, 1.54) is 5.69 Å². The van der Waals surface area contributed by atoms with Gasteiger partial charge in [-0.05, 0) is 43.3 Å². The first kappa shape index (κ1) is 20.0. The maximum atomic E-state index is 5.72. The third kappa shape index (κ3) is 5.39. The standard InChI is InChI=1S/C23H27N5O2/c1-18-17-25-23(27-22(18)24-11-14-30-21-5-3-2-4-6-21)26-19-7-9-20(10-8-19)28-12-15-29-16-13-28/h2-10,17H,11-16H2,1H3,(H2,24,25,26,27). The summed E-state index contributed by atoms with van der Waals surface area (Å²) in [6, 6.07) is 18.1. The predicted octanol–water partition coefficient (Wildman–Crippen LogP) is 3.86. The fourth-order valence-electron chi connectivity index (χ4n) is 3.24. The molecule has 0 saturated carbocycles. The Morgan fingerprint density at radius 1 is 1.03 bits per heavy atom. The van der Waals surface area contributed by atoms with Crippen molar-refractivity contribution in [1.29, 1.82) is 0 Å². The molecule has 30 heavy (non-hydrogen) atoms. The number of rotatable bonds is 8. The van der Waals surface area contributed by atoms with Gasteiger partial charge in [0.25, 0.3) is 0 Å². The molecule has 0 atom stereocenters. The Hall–Kier alpha value is -3.32. The SMILES string of the molecule is Cc1cnc(Nc2ccc(N3CCOCC3)cc2)nc1NCCOc1ccccc1. The molecule has 1 aromatic heterocycles. The van der Waals surface area contributed by atoms with Crippen molar-refractivity contribution < 1.29 is 9.47 Å². The Kier molecular flexibility index (Phi) is 6.61. The zero-order valence-electron chi connectivity index (χ0n) is 17.2. The minimum absolute atomic E-state index is 0.555. The summed E-state index contributed by atoms with van der Waals surface area (Å²) in [6.07, 6.45) is 1.82. The van der Waals surface area contributed by atoms with Crippen molar-refractivity contribution in [2.24, 2.45) is 0 Å². The fourth-order valence-corrected chi connectivity index (χ4v) is 3.24. The molecule has 2 N–H and O–H groups in total. The molecule has 0 aliphatic carbocycles. The van der Waals surface area contributed by atoms with Crippen LogP contribution in [0, 0.1) is 6.92 Å². The second kappa shape index (κ2) is 9.93. The van der Waals surface area contributed by atoms with E-state index < -0.39 is 0 Å². The average Bonchev–Trinajstić information content (AvgIpc) is 2.80. The third-order valence-electron chi connectivity index (χ3n) is 4.88. The van der Waals surface area contributed by atoms with Crippen LogP contribution in [0.1, 0.15) is 5.56 Å². The largest absolute Gasteiger partial charge is 0.492 e. The molecular formula is C23H27N5O2. The molecule has 2 aromatic carbocycles. The fraction of sp³-hybridized carbons (Fsp3) is 0.304. The molecule has 156 valence electrons. The van der Waals surface area contributed by atoms with Crippen LogP contribution in [0.5, 0.6) is 5.75 Å². The Bertz CT molecular complexity index is 928. The van der Waals surface area contributed by atoms with E-state index in [1.807, 2.05) is 43.5 Å². The molecule has 0 spiro atoms. The lowest BCUT2D eigenvalue weighted by molar-refractivity contribution is 0.122. The van der Waals surface area contributed by atoms with Crippen molar-refractivity contribution in [2.75, 3.05) is 55.0 Å². The van der Waals surface area contributed by atoms with Gasteiger partial charge in [0, 0.05) is 36.2 Å². The minimum atomic E-state index is 0.555. The van der Waals surface area contributed by atoms with Crippen molar-refractivity contribution >= 4 is 23.1 Å². The molecule has 1 aliphatic heterocycles. The van der Waals surface area contributed by atoms with Gasteiger partial charge in [0.1, 0.15) is 18.2 Å². The molecule has 2 heterocycles. The van der Waals surface area contributed by atoms with Crippen molar-refractivity contribution in [3.05, 3.63) is 66.4 Å². The number of hydrogen-bond acceptors (Lipinski definition) is 7. The highest BCUT2D eigenvalue weighted by molar-refractivity contribution is 5.60. The molecule has 0 radical (unpaired) electrons. The molecule has 4 rings (SSSR count). The van der Waals surface area contributed by atoms with Gasteiger partial charge < -0.3 is 25.0 Å². The molecule has 7 nitrogen and oxygen atoms in total. The number of morpholine rings is 1. The Morgan fingerprint density at radius 3 is 2.57 bits per heavy atom. The van der Waals surface area contributed by atoms with E-state index in [-0.39, 0.29) is 0 Å². The van der Waals surface area contributed by atoms with Gasteiger partial charge in [0.15, 0.2) is 0 Å². The van der Waals surface area contributed by atoms with Crippen LogP contribution in [0.3, 0.4) is 0 Å². The normalized spacial score (nSPS) is 13.7. The highest BCUT2D eigenvalue weighted by Gasteiger charge is 2.11. The smallest absolute Gasteiger partial charge is 0.229 e. The van der Waals surface area contributed by atoms with Crippen LogP contribution in [-0.4, -0.2) is 49.4 Å². The van der Waals surface area contributed by atoms with E-state index in [0.29, 0.717) is 19.1 Å². The molecular weight excluding hydrogens is 378 g/mol. The zero-order valence-corrected chi connectivity index (χ0v) is 17.2. The Balaban J connectivity index is 1.32. The summed E-state index contributed by atoms with van der Waals surface area (Å²) in [7, 11) is 0. The van der Waals surface area contributed by atoms with Crippen molar-refractivity contribution in [3.63, 3.8) is 0 Å². The predicted molar refractivity (Wildman–Crippen MR) is 120 cm³/mol. The van der Waals surface area contributed by atoms with Crippen LogP contribution < -0.4 is 20.3 Å². The highest BCUT2D eigenvalue weighted by Crippen LogP contribution is 2.21. The first-order valence-electron chi connectivity index (χ1n) is 10.2. The number of aryl methyl sites for hydroxylation is 1. The van der Waals surface area contributed by atoms with Gasteiger partial charge in [-0.25, -0.2) is 4.98 Å². The first-order valence-corrected chi connectivity index (χ1v) is 10.2. The molecule has 0 amide bonds. The number of para-hydroxylation sites is 1. The number of nitrogens with one attached hydrogen (secondary N) is 2. The maximum Gasteiger partial charge on any atom is 0.229 e. The van der Waals surface area contributed by atoms with Gasteiger partial charge >= 0.3 is 0 Å². The van der Waals surface area contributed by atoms with E-state index in [4.69, 9.17) is 9.47 Å². The Labute approximate surface area is 177 Å². The van der Waals surface area contributed by atoms with Crippen LogP contribution in [0.25, 0.3) is 0 Å². The number of ether oxygens (including phenoxy) is 2. The van der Waals surface area contributed by atoms with Crippen LogP contribution in [-0.2, 0) is 4.74 Å². The third-order valence-corrected chi connectivity index (χ3v) is 4.88. The van der Waals surface area contributed by atoms with Gasteiger partial charge in [-0.2, -0.15) is 4.98 Å². The summed E-state index contributed by atoms with van der Waals surface area (Å²) in [6.45, 7) is 6.61. The summed E-state index contributed by atoms with van der Waals surface area (Å²) in [5.74, 6) is 2.22. The van der Waals surface area contributed by atoms with E-state index in [2.05, 4.69) is 49.8 Å². The summed E-state index contributed by atoms with van der Waals surface area (Å²) in [5, 5.41) is 6.61. The van der Waals surface area contributed by atoms with Crippen molar-refractivity contribution in [2.45, 2.75) is 6.92 Å². The van der Waals surface area contributed by atoms with Crippen LogP contribution >= 0.6 is 0 Å². The van der Waals surface area contributed by atoms with E-state index in [9.17, 15) is 0 Å². The monoisotopic (exact) mass is 405 g/mol. The summed E-state index contributed by atoms with van der Waals surface area (Å²) in [4.78, 5) is 11.3. The van der Waals surface area contributed by atoms with Gasteiger partial charge in [0.2, 0.25) is 5.95 Å². The van der Waals surface area contributed by atoms with Crippen LogP contribution in [0.15, 0.2) is 60.8 Å². The highest BCUT2D eigenvalue weighted by atomic mass is 16.5. The molecule has 7 heteroatoms. The zero-order chi connectivity index (χ0) is 20.6. The Morgan fingerprint density at radius 2 is 1.80 bits per heavy atom. The molecule has 3 aromatic rings. The first-order chi connectivity index (χ1) is 14.8. The molecule has 0 unspecified atom stereocenters. The lowest BCUT2D eigenvalue weighted by Gasteiger charge is -2.28.